The average molecular weight is 312 g/mol. The number of carbonyl (C=O) groups is 1. The van der Waals surface area contributed by atoms with Crippen LogP contribution in [-0.2, 0) is 4.79 Å². The van der Waals surface area contributed by atoms with Crippen LogP contribution in [0.5, 0.6) is 0 Å². The summed E-state index contributed by atoms with van der Waals surface area (Å²) in [7, 11) is 0. The van der Waals surface area contributed by atoms with E-state index in [1.165, 1.54) is 0 Å². The fourth-order valence-electron chi connectivity index (χ4n) is 2.45. The molecule has 114 valence electrons. The monoisotopic (exact) mass is 312 g/mol. The van der Waals surface area contributed by atoms with Crippen LogP contribution in [0, 0.1) is 12.8 Å². The number of rotatable bonds is 3. The quantitative estimate of drug-likeness (QED) is 0.841. The summed E-state index contributed by atoms with van der Waals surface area (Å²) in [4.78, 5) is 12.4. The Balaban J connectivity index is 2.06. The number of alkyl halides is 2. The van der Waals surface area contributed by atoms with Crippen molar-refractivity contribution in [1.29, 1.82) is 0 Å². The van der Waals surface area contributed by atoms with Crippen molar-refractivity contribution in [3.05, 3.63) is 29.3 Å². The van der Waals surface area contributed by atoms with Gasteiger partial charge in [0.15, 0.2) is 0 Å². The van der Waals surface area contributed by atoms with Gasteiger partial charge >= 0.3 is 0 Å². The number of carbonyl (C=O) groups excluding carboxylic acids is 1. The van der Waals surface area contributed by atoms with E-state index < -0.39 is 5.92 Å². The molecule has 3 N–H and O–H groups in total. The molecule has 0 aromatic heterocycles. The normalized spacial score (nSPS) is 18.2. The van der Waals surface area contributed by atoms with Gasteiger partial charge in [0.25, 0.3) is 0 Å². The number of anilines is 1. The van der Waals surface area contributed by atoms with Crippen molar-refractivity contribution in [3.8, 4) is 0 Å². The number of benzene rings is 1. The molecule has 1 aromatic rings. The molecule has 1 saturated carbocycles. The number of nitrogens with two attached hydrogens (primary N) is 1. The molecule has 0 radical (unpaired) electrons. The van der Waals surface area contributed by atoms with Crippen LogP contribution in [0.1, 0.15) is 36.8 Å². The molecule has 6 heteroatoms. The maximum absolute atomic E-state index is 13.1. The molecule has 1 aliphatic carbocycles. The molecule has 21 heavy (non-hydrogen) atoms. The van der Waals surface area contributed by atoms with Crippen molar-refractivity contribution < 1.29 is 13.6 Å². The number of halogens is 2. The molecule has 0 aliphatic heterocycles. The third-order valence-electron chi connectivity index (χ3n) is 3.87. The van der Waals surface area contributed by atoms with Crippen LogP contribution in [0.15, 0.2) is 18.2 Å². The number of amides is 1. The minimum absolute atomic E-state index is 0.214. The summed E-state index contributed by atoms with van der Waals surface area (Å²) < 4.78 is 26.2. The van der Waals surface area contributed by atoms with Gasteiger partial charge in [0, 0.05) is 30.0 Å². The summed E-state index contributed by atoms with van der Waals surface area (Å²) in [6.45, 7) is 1.86. The highest BCUT2D eigenvalue weighted by Gasteiger charge is 2.37. The van der Waals surface area contributed by atoms with E-state index >= 15 is 0 Å². The Bertz CT molecular complexity index is 565. The third kappa shape index (κ3) is 3.97. The second-order valence-corrected chi connectivity index (χ2v) is 5.95. The predicted molar refractivity (Wildman–Crippen MR) is 82.6 cm³/mol. The maximum Gasteiger partial charge on any atom is 0.248 e. The van der Waals surface area contributed by atoms with E-state index in [1.54, 1.807) is 12.1 Å². The van der Waals surface area contributed by atoms with Crippen LogP contribution in [0.25, 0.3) is 0 Å². The summed E-state index contributed by atoms with van der Waals surface area (Å²) in [6.07, 6.45) is -0.0201. The van der Waals surface area contributed by atoms with Crippen LogP contribution in [0.2, 0.25) is 0 Å². The topological polar surface area (TPSA) is 55.1 Å². The first-order chi connectivity index (χ1) is 9.78. The molecule has 0 saturated heterocycles. The largest absolute Gasteiger partial charge is 0.389 e. The Kier molecular flexibility index (Phi) is 4.56. The van der Waals surface area contributed by atoms with Crippen LogP contribution >= 0.6 is 12.2 Å². The van der Waals surface area contributed by atoms with E-state index in [4.69, 9.17) is 18.0 Å². The van der Waals surface area contributed by atoms with Gasteiger partial charge in [-0.15, -0.1) is 0 Å². The van der Waals surface area contributed by atoms with Crippen molar-refractivity contribution in [2.45, 2.75) is 38.5 Å². The van der Waals surface area contributed by atoms with E-state index in [-0.39, 0.29) is 42.5 Å². The van der Waals surface area contributed by atoms with Gasteiger partial charge in [0.1, 0.15) is 4.99 Å². The fraction of sp³-hybridized carbons (Fsp3) is 0.467. The summed E-state index contributed by atoms with van der Waals surface area (Å²) >= 11 is 4.91. The SMILES string of the molecule is Cc1ccc(C(N)=S)cc1NC(=O)C1CCC(F)(F)CC1. The molecule has 0 atom stereocenters. The number of thiocarbonyl (C=S) groups is 1. The Morgan fingerprint density at radius 2 is 2.00 bits per heavy atom. The lowest BCUT2D eigenvalue weighted by Gasteiger charge is -2.27. The van der Waals surface area contributed by atoms with E-state index in [0.29, 0.717) is 11.3 Å². The number of hydrogen-bond acceptors (Lipinski definition) is 2. The zero-order valence-corrected chi connectivity index (χ0v) is 12.6. The first-order valence-electron chi connectivity index (χ1n) is 6.88. The first-order valence-corrected chi connectivity index (χ1v) is 7.28. The molecule has 2 rings (SSSR count). The van der Waals surface area contributed by atoms with Crippen molar-refractivity contribution in [1.82, 2.24) is 0 Å². The predicted octanol–water partition coefficient (Wildman–Crippen LogP) is 3.39. The lowest BCUT2D eigenvalue weighted by Crippen LogP contribution is -2.32. The van der Waals surface area contributed by atoms with Crippen LogP contribution in [0.4, 0.5) is 14.5 Å². The third-order valence-corrected chi connectivity index (χ3v) is 4.10. The molecule has 3 nitrogen and oxygen atoms in total. The van der Waals surface area contributed by atoms with Gasteiger partial charge < -0.3 is 11.1 Å². The van der Waals surface area contributed by atoms with Gasteiger partial charge in [-0.05, 0) is 31.4 Å². The Morgan fingerprint density at radius 3 is 2.57 bits per heavy atom. The van der Waals surface area contributed by atoms with Gasteiger partial charge in [-0.1, -0.05) is 24.4 Å². The molecule has 1 aliphatic rings. The van der Waals surface area contributed by atoms with Crippen molar-refractivity contribution in [2.24, 2.45) is 11.7 Å². The van der Waals surface area contributed by atoms with E-state index in [0.717, 1.165) is 5.56 Å². The Labute approximate surface area is 127 Å². The smallest absolute Gasteiger partial charge is 0.248 e. The zero-order valence-electron chi connectivity index (χ0n) is 11.8. The van der Waals surface area contributed by atoms with E-state index in [9.17, 15) is 13.6 Å². The van der Waals surface area contributed by atoms with Crippen molar-refractivity contribution >= 4 is 28.8 Å². The molecule has 1 aromatic carbocycles. The lowest BCUT2D eigenvalue weighted by molar-refractivity contribution is -0.124. The van der Waals surface area contributed by atoms with Gasteiger partial charge in [-0.25, -0.2) is 8.78 Å². The summed E-state index contributed by atoms with van der Waals surface area (Å²) in [5, 5.41) is 2.80. The second-order valence-electron chi connectivity index (χ2n) is 5.51. The van der Waals surface area contributed by atoms with Crippen LogP contribution in [0.3, 0.4) is 0 Å². The molecule has 1 fully saturated rings. The molecule has 0 bridgehead atoms. The number of nitrogens with one attached hydrogen (secondary N) is 1. The van der Waals surface area contributed by atoms with Gasteiger partial charge in [0.05, 0.1) is 0 Å². The average Bonchev–Trinajstić information content (AvgIpc) is 2.40. The lowest BCUT2D eigenvalue weighted by atomic mass is 9.86. The fourth-order valence-corrected chi connectivity index (χ4v) is 2.57. The zero-order chi connectivity index (χ0) is 15.6. The van der Waals surface area contributed by atoms with Crippen LogP contribution < -0.4 is 11.1 Å². The summed E-state index contributed by atoms with van der Waals surface area (Å²) in [5.41, 5.74) is 7.75. The molecule has 0 unspecified atom stereocenters. The van der Waals surface area contributed by atoms with Gasteiger partial charge in [-0.2, -0.15) is 0 Å². The Hall–Kier alpha value is -1.56. The molecule has 0 heterocycles. The second kappa shape index (κ2) is 6.05. The van der Waals surface area contributed by atoms with Gasteiger partial charge in [-0.3, -0.25) is 4.79 Å². The summed E-state index contributed by atoms with van der Waals surface area (Å²) in [5.74, 6) is -3.20. The highest BCUT2D eigenvalue weighted by Crippen LogP contribution is 2.36. The van der Waals surface area contributed by atoms with Crippen molar-refractivity contribution in [2.75, 3.05) is 5.32 Å². The highest BCUT2D eigenvalue weighted by molar-refractivity contribution is 7.80. The molecule has 1 amide bonds. The van der Waals surface area contributed by atoms with Gasteiger partial charge in [0.2, 0.25) is 11.8 Å². The minimum atomic E-state index is -2.63. The van der Waals surface area contributed by atoms with E-state index in [1.807, 2.05) is 13.0 Å². The number of hydrogen-bond donors (Lipinski definition) is 2. The number of aryl methyl sites for hydroxylation is 1. The maximum atomic E-state index is 13.1. The van der Waals surface area contributed by atoms with E-state index in [2.05, 4.69) is 5.32 Å². The highest BCUT2D eigenvalue weighted by atomic mass is 32.1. The minimum Gasteiger partial charge on any atom is -0.389 e. The standard InChI is InChI=1S/C15H18F2N2OS/c1-9-2-3-11(13(18)21)8-12(9)19-14(20)10-4-6-15(16,17)7-5-10/h2-3,8,10H,4-7H2,1H3,(H2,18,21)(H,19,20). The summed E-state index contributed by atoms with van der Waals surface area (Å²) in [6, 6.07) is 5.32. The van der Waals surface area contributed by atoms with Crippen LogP contribution in [-0.4, -0.2) is 16.8 Å². The molecule has 0 spiro atoms. The molecular weight excluding hydrogens is 294 g/mol. The Morgan fingerprint density at radius 1 is 1.38 bits per heavy atom. The molecular formula is C15H18F2N2OS. The first kappa shape index (κ1) is 15.8. The van der Waals surface area contributed by atoms with Crippen molar-refractivity contribution in [3.63, 3.8) is 0 Å².